The third kappa shape index (κ3) is 3.02. The van der Waals surface area contributed by atoms with Crippen molar-refractivity contribution in [3.05, 3.63) is 53.6 Å². The Morgan fingerprint density at radius 1 is 1.00 bits per heavy atom. The van der Waals surface area contributed by atoms with Gasteiger partial charge in [-0.2, -0.15) is 0 Å². The summed E-state index contributed by atoms with van der Waals surface area (Å²) in [5.41, 5.74) is 3.31. The number of para-hydroxylation sites is 1. The zero-order chi connectivity index (χ0) is 17.2. The highest BCUT2D eigenvalue weighted by molar-refractivity contribution is 5.95. The molecule has 0 spiro atoms. The van der Waals surface area contributed by atoms with Gasteiger partial charge >= 0.3 is 0 Å². The molecule has 0 unspecified atom stereocenters. The molecule has 0 radical (unpaired) electrons. The van der Waals surface area contributed by atoms with E-state index in [9.17, 15) is 4.79 Å². The molecule has 25 heavy (non-hydrogen) atoms. The number of rotatable bonds is 3. The van der Waals surface area contributed by atoms with E-state index in [2.05, 4.69) is 36.1 Å². The van der Waals surface area contributed by atoms with Crippen molar-refractivity contribution in [2.24, 2.45) is 0 Å². The highest BCUT2D eigenvalue weighted by Crippen LogP contribution is 2.33. The van der Waals surface area contributed by atoms with Crippen LogP contribution < -0.4 is 14.4 Å². The van der Waals surface area contributed by atoms with Crippen LogP contribution in [0.4, 0.5) is 5.69 Å². The average Bonchev–Trinajstić information content (AvgIpc) is 3.15. The zero-order valence-electron chi connectivity index (χ0n) is 14.4. The Balaban J connectivity index is 1.44. The molecule has 1 amide bonds. The minimum Gasteiger partial charge on any atom is -0.454 e. The fraction of sp³-hybridized carbons (Fsp3) is 0.350. The van der Waals surface area contributed by atoms with Crippen LogP contribution in [0.15, 0.2) is 42.5 Å². The summed E-state index contributed by atoms with van der Waals surface area (Å²) < 4.78 is 10.7. The second-order valence-electron chi connectivity index (χ2n) is 6.33. The molecular weight excluding hydrogens is 316 g/mol. The Morgan fingerprint density at radius 2 is 1.76 bits per heavy atom. The number of hydrogen-bond donors (Lipinski definition) is 0. The number of hydrogen-bond acceptors (Lipinski definition) is 4. The van der Waals surface area contributed by atoms with Crippen molar-refractivity contribution in [3.63, 3.8) is 0 Å². The summed E-state index contributed by atoms with van der Waals surface area (Å²) in [5.74, 6) is 1.42. The molecule has 2 aliphatic rings. The predicted molar refractivity (Wildman–Crippen MR) is 96.5 cm³/mol. The van der Waals surface area contributed by atoms with Gasteiger partial charge in [-0.25, -0.2) is 0 Å². The Kier molecular flexibility index (Phi) is 4.22. The number of ether oxygens (including phenoxy) is 2. The molecule has 2 aromatic carbocycles. The van der Waals surface area contributed by atoms with Crippen LogP contribution >= 0.6 is 0 Å². The molecule has 1 fully saturated rings. The first-order valence-electron chi connectivity index (χ1n) is 8.78. The Bertz CT molecular complexity index is 782. The van der Waals surface area contributed by atoms with E-state index in [1.165, 1.54) is 11.3 Å². The van der Waals surface area contributed by atoms with E-state index in [1.807, 2.05) is 17.0 Å². The molecule has 0 aromatic heterocycles. The summed E-state index contributed by atoms with van der Waals surface area (Å²) in [6.45, 7) is 5.57. The molecule has 5 heteroatoms. The lowest BCUT2D eigenvalue weighted by Gasteiger charge is -2.37. The Morgan fingerprint density at radius 3 is 2.56 bits per heavy atom. The largest absolute Gasteiger partial charge is 0.454 e. The smallest absolute Gasteiger partial charge is 0.254 e. The van der Waals surface area contributed by atoms with Crippen LogP contribution in [0.2, 0.25) is 0 Å². The summed E-state index contributed by atoms with van der Waals surface area (Å²) in [6.07, 6.45) is 1.02. The topological polar surface area (TPSA) is 42.0 Å². The van der Waals surface area contributed by atoms with E-state index >= 15 is 0 Å². The van der Waals surface area contributed by atoms with Crippen LogP contribution in [0.25, 0.3) is 0 Å². The van der Waals surface area contributed by atoms with Gasteiger partial charge in [0, 0.05) is 37.4 Å². The van der Waals surface area contributed by atoms with Gasteiger partial charge in [-0.1, -0.05) is 25.1 Å². The minimum atomic E-state index is 0.0572. The number of nitrogens with zero attached hydrogens (tertiary/aromatic N) is 2. The second kappa shape index (κ2) is 6.67. The van der Waals surface area contributed by atoms with Gasteiger partial charge in [-0.15, -0.1) is 0 Å². The first kappa shape index (κ1) is 15.8. The van der Waals surface area contributed by atoms with E-state index in [4.69, 9.17) is 9.47 Å². The number of amides is 1. The van der Waals surface area contributed by atoms with Crippen LogP contribution in [-0.4, -0.2) is 43.8 Å². The van der Waals surface area contributed by atoms with E-state index < -0.39 is 0 Å². The molecule has 0 atom stereocenters. The van der Waals surface area contributed by atoms with Gasteiger partial charge in [-0.3, -0.25) is 4.79 Å². The lowest BCUT2D eigenvalue weighted by atomic mass is 10.1. The third-order valence-electron chi connectivity index (χ3n) is 4.90. The second-order valence-corrected chi connectivity index (χ2v) is 6.33. The van der Waals surface area contributed by atoms with E-state index in [-0.39, 0.29) is 12.7 Å². The minimum absolute atomic E-state index is 0.0572. The van der Waals surface area contributed by atoms with E-state index in [0.717, 1.165) is 32.6 Å². The summed E-state index contributed by atoms with van der Waals surface area (Å²) in [5, 5.41) is 0. The highest BCUT2D eigenvalue weighted by Gasteiger charge is 2.24. The van der Waals surface area contributed by atoms with Crippen LogP contribution in [0.3, 0.4) is 0 Å². The molecule has 2 heterocycles. The van der Waals surface area contributed by atoms with Crippen LogP contribution in [0, 0.1) is 0 Å². The molecule has 1 saturated heterocycles. The first-order valence-corrected chi connectivity index (χ1v) is 8.78. The standard InChI is InChI=1S/C20H22N2O3/c1-2-15-5-3-4-6-17(15)21-9-11-22(12-10-21)20(23)16-7-8-18-19(13-16)25-14-24-18/h3-8,13H,2,9-12,14H2,1H3. The van der Waals surface area contributed by atoms with Crippen molar-refractivity contribution in [2.45, 2.75) is 13.3 Å². The molecular formula is C20H22N2O3. The van der Waals surface area contributed by atoms with Crippen LogP contribution in [0.5, 0.6) is 11.5 Å². The van der Waals surface area contributed by atoms with Gasteiger partial charge in [0.2, 0.25) is 6.79 Å². The molecule has 0 bridgehead atoms. The molecule has 5 nitrogen and oxygen atoms in total. The fourth-order valence-electron chi connectivity index (χ4n) is 3.48. The maximum Gasteiger partial charge on any atom is 0.254 e. The lowest BCUT2D eigenvalue weighted by Crippen LogP contribution is -2.49. The average molecular weight is 338 g/mol. The maximum absolute atomic E-state index is 12.8. The predicted octanol–water partition coefficient (Wildman–Crippen LogP) is 2.94. The van der Waals surface area contributed by atoms with Crippen molar-refractivity contribution < 1.29 is 14.3 Å². The Hall–Kier alpha value is -2.69. The normalized spacial score (nSPS) is 16.2. The van der Waals surface area contributed by atoms with Gasteiger partial charge in [-0.05, 0) is 36.2 Å². The number of piperazine rings is 1. The summed E-state index contributed by atoms with van der Waals surface area (Å²) in [6, 6.07) is 13.9. The highest BCUT2D eigenvalue weighted by atomic mass is 16.7. The number of anilines is 1. The third-order valence-corrected chi connectivity index (χ3v) is 4.90. The van der Waals surface area contributed by atoms with Gasteiger partial charge in [0.25, 0.3) is 5.91 Å². The summed E-state index contributed by atoms with van der Waals surface area (Å²) in [7, 11) is 0. The van der Waals surface area contributed by atoms with Crippen LogP contribution in [0.1, 0.15) is 22.8 Å². The van der Waals surface area contributed by atoms with Crippen molar-refractivity contribution in [1.82, 2.24) is 4.90 Å². The van der Waals surface area contributed by atoms with Crippen LogP contribution in [-0.2, 0) is 6.42 Å². The Labute approximate surface area is 147 Å². The first-order chi connectivity index (χ1) is 12.3. The summed E-state index contributed by atoms with van der Waals surface area (Å²) in [4.78, 5) is 17.1. The number of fused-ring (bicyclic) bond motifs is 1. The van der Waals surface area contributed by atoms with Crippen molar-refractivity contribution in [2.75, 3.05) is 37.9 Å². The molecule has 2 aliphatic heterocycles. The van der Waals surface area contributed by atoms with Gasteiger partial charge in [0.05, 0.1) is 0 Å². The SMILES string of the molecule is CCc1ccccc1N1CCN(C(=O)c2ccc3c(c2)OCO3)CC1. The number of aryl methyl sites for hydroxylation is 1. The zero-order valence-corrected chi connectivity index (χ0v) is 14.4. The number of carbonyl (C=O) groups excluding carboxylic acids is 1. The molecule has 130 valence electrons. The number of carbonyl (C=O) groups is 1. The molecule has 0 N–H and O–H groups in total. The fourth-order valence-corrected chi connectivity index (χ4v) is 3.48. The van der Waals surface area contributed by atoms with E-state index in [0.29, 0.717) is 17.1 Å². The molecule has 4 rings (SSSR count). The molecule has 0 saturated carbocycles. The number of benzene rings is 2. The molecule has 0 aliphatic carbocycles. The van der Waals surface area contributed by atoms with Gasteiger partial charge < -0.3 is 19.3 Å². The monoisotopic (exact) mass is 338 g/mol. The maximum atomic E-state index is 12.8. The molecule has 2 aromatic rings. The summed E-state index contributed by atoms with van der Waals surface area (Å²) >= 11 is 0. The lowest BCUT2D eigenvalue weighted by molar-refractivity contribution is 0.0746. The van der Waals surface area contributed by atoms with Gasteiger partial charge in [0.15, 0.2) is 11.5 Å². The van der Waals surface area contributed by atoms with Crippen molar-refractivity contribution in [1.29, 1.82) is 0 Å². The van der Waals surface area contributed by atoms with Gasteiger partial charge in [0.1, 0.15) is 0 Å². The van der Waals surface area contributed by atoms with Crippen molar-refractivity contribution in [3.8, 4) is 11.5 Å². The van der Waals surface area contributed by atoms with Crippen molar-refractivity contribution >= 4 is 11.6 Å². The van der Waals surface area contributed by atoms with E-state index in [1.54, 1.807) is 6.07 Å². The quantitative estimate of drug-likeness (QED) is 0.863.